The van der Waals surface area contributed by atoms with Gasteiger partial charge in [-0.15, -0.1) is 0 Å². The zero-order valence-corrected chi connectivity index (χ0v) is 24.2. The van der Waals surface area contributed by atoms with Crippen molar-refractivity contribution in [3.63, 3.8) is 0 Å². The first kappa shape index (κ1) is 30.3. The summed E-state index contributed by atoms with van der Waals surface area (Å²) in [6.45, 7) is 6.10. The highest BCUT2D eigenvalue weighted by Gasteiger charge is 2.39. The number of nitrogens with zero attached hydrogens (tertiary/aromatic N) is 2. The van der Waals surface area contributed by atoms with Crippen LogP contribution in [0.25, 0.3) is 10.9 Å². The predicted molar refractivity (Wildman–Crippen MR) is 156 cm³/mol. The molecule has 1 aliphatic heterocycles. The zero-order valence-electron chi connectivity index (χ0n) is 23.5. The molecule has 0 aliphatic carbocycles. The van der Waals surface area contributed by atoms with Gasteiger partial charge in [0.15, 0.2) is 5.82 Å². The van der Waals surface area contributed by atoms with Crippen LogP contribution in [-0.2, 0) is 20.8 Å². The average molecular weight is 584 g/mol. The number of hydrogen-bond donors (Lipinski definition) is 5. The number of fused-ring (bicyclic) bond motifs is 1. The van der Waals surface area contributed by atoms with Crippen molar-refractivity contribution in [2.75, 3.05) is 18.9 Å². The van der Waals surface area contributed by atoms with E-state index >= 15 is 0 Å². The molecule has 0 bridgehead atoms. The SMILES string of the molecule is CN[C@@H](C)C(=O)N[C@H](C(=O)NC(=O)[C@@H]1CCCN1)C(C)(C)Cc1ccc2ncnc(Nc3cccc(Cl)c3F)c2c1. The number of rotatable bonds is 10. The first-order chi connectivity index (χ1) is 19.5. The molecule has 41 heavy (non-hydrogen) atoms. The van der Waals surface area contributed by atoms with Crippen molar-refractivity contribution in [3.8, 4) is 0 Å². The van der Waals surface area contributed by atoms with E-state index in [-0.39, 0.29) is 16.6 Å². The van der Waals surface area contributed by atoms with E-state index in [9.17, 15) is 18.8 Å². The molecule has 1 aliphatic rings. The third kappa shape index (κ3) is 7.16. The van der Waals surface area contributed by atoms with Crippen molar-refractivity contribution in [1.82, 2.24) is 31.2 Å². The third-order valence-corrected chi connectivity index (χ3v) is 7.64. The maximum absolute atomic E-state index is 14.6. The summed E-state index contributed by atoms with van der Waals surface area (Å²) in [5.74, 6) is -1.56. The molecule has 4 rings (SSSR count). The summed E-state index contributed by atoms with van der Waals surface area (Å²) in [4.78, 5) is 47.7. The van der Waals surface area contributed by atoms with Gasteiger partial charge in [-0.05, 0) is 75.0 Å². The Morgan fingerprint density at radius 2 is 1.95 bits per heavy atom. The van der Waals surface area contributed by atoms with E-state index in [1.807, 2.05) is 32.0 Å². The number of carbonyl (C=O) groups is 3. The van der Waals surface area contributed by atoms with Crippen molar-refractivity contribution in [3.05, 3.63) is 59.1 Å². The predicted octanol–water partition coefficient (Wildman–Crippen LogP) is 3.22. The number of benzene rings is 2. The van der Waals surface area contributed by atoms with Crippen LogP contribution < -0.4 is 26.6 Å². The molecule has 1 aromatic heterocycles. The van der Waals surface area contributed by atoms with Gasteiger partial charge in [0.2, 0.25) is 17.7 Å². The van der Waals surface area contributed by atoms with Crippen LogP contribution in [0.4, 0.5) is 15.9 Å². The second-order valence-electron chi connectivity index (χ2n) is 10.9. The van der Waals surface area contributed by atoms with Crippen LogP contribution in [0.1, 0.15) is 39.2 Å². The lowest BCUT2D eigenvalue weighted by atomic mass is 9.78. The number of likely N-dealkylation sites (N-methyl/N-ethyl adjacent to an activating group) is 1. The van der Waals surface area contributed by atoms with Gasteiger partial charge < -0.3 is 21.3 Å². The van der Waals surface area contributed by atoms with Crippen molar-refractivity contribution in [2.24, 2.45) is 5.41 Å². The van der Waals surface area contributed by atoms with E-state index in [1.165, 1.54) is 12.4 Å². The fraction of sp³-hybridized carbons (Fsp3) is 0.414. The van der Waals surface area contributed by atoms with Crippen LogP contribution >= 0.6 is 11.6 Å². The smallest absolute Gasteiger partial charge is 0.249 e. The summed E-state index contributed by atoms with van der Waals surface area (Å²) in [6, 6.07) is 8.20. The first-order valence-electron chi connectivity index (χ1n) is 13.5. The minimum Gasteiger partial charge on any atom is -0.342 e. The molecule has 218 valence electrons. The summed E-state index contributed by atoms with van der Waals surface area (Å²) < 4.78 is 14.6. The zero-order chi connectivity index (χ0) is 29.7. The second-order valence-corrected chi connectivity index (χ2v) is 11.3. The minimum absolute atomic E-state index is 0.0167. The second kappa shape index (κ2) is 12.9. The van der Waals surface area contributed by atoms with Crippen LogP contribution in [0.5, 0.6) is 0 Å². The largest absolute Gasteiger partial charge is 0.342 e. The Morgan fingerprint density at radius 3 is 2.66 bits per heavy atom. The van der Waals surface area contributed by atoms with Crippen LogP contribution in [0.3, 0.4) is 0 Å². The number of amides is 3. The summed E-state index contributed by atoms with van der Waals surface area (Å²) >= 11 is 5.95. The molecule has 0 unspecified atom stereocenters. The van der Waals surface area contributed by atoms with Gasteiger partial charge in [-0.25, -0.2) is 14.4 Å². The maximum atomic E-state index is 14.6. The molecule has 2 heterocycles. The fourth-order valence-electron chi connectivity index (χ4n) is 4.87. The summed E-state index contributed by atoms with van der Waals surface area (Å²) in [7, 11) is 1.65. The van der Waals surface area contributed by atoms with E-state index in [4.69, 9.17) is 11.6 Å². The Morgan fingerprint density at radius 1 is 1.17 bits per heavy atom. The lowest BCUT2D eigenvalue weighted by Crippen LogP contribution is -2.59. The molecular formula is C29H35ClFN7O3. The molecule has 2 aromatic carbocycles. The van der Waals surface area contributed by atoms with E-state index in [0.717, 1.165) is 12.0 Å². The van der Waals surface area contributed by atoms with Crippen LogP contribution in [-0.4, -0.2) is 59.4 Å². The van der Waals surface area contributed by atoms with Gasteiger partial charge in [0, 0.05) is 5.39 Å². The number of imide groups is 1. The van der Waals surface area contributed by atoms with Gasteiger partial charge in [-0.1, -0.05) is 37.6 Å². The van der Waals surface area contributed by atoms with Crippen LogP contribution in [0.2, 0.25) is 5.02 Å². The molecule has 1 fully saturated rings. The molecule has 10 nitrogen and oxygen atoms in total. The van der Waals surface area contributed by atoms with Gasteiger partial charge in [-0.2, -0.15) is 0 Å². The molecule has 0 radical (unpaired) electrons. The normalized spacial score (nSPS) is 16.7. The third-order valence-electron chi connectivity index (χ3n) is 7.34. The molecule has 3 amide bonds. The Hall–Kier alpha value is -3.67. The molecule has 3 atom stereocenters. The number of aromatic nitrogens is 2. The lowest BCUT2D eigenvalue weighted by Gasteiger charge is -2.35. The van der Waals surface area contributed by atoms with Gasteiger partial charge in [0.1, 0.15) is 18.2 Å². The van der Waals surface area contributed by atoms with Crippen molar-refractivity contribution in [2.45, 2.75) is 58.2 Å². The average Bonchev–Trinajstić information content (AvgIpc) is 3.49. The minimum atomic E-state index is -1.02. The molecule has 5 N–H and O–H groups in total. The molecular weight excluding hydrogens is 549 g/mol. The Bertz CT molecular complexity index is 1450. The standard InChI is InChI=1S/C29H35ClFN7O3/c1-16(32-4)26(39)37-24(28(41)38-27(40)22-9-6-12-33-22)29(2,3)14-17-10-11-20-18(13-17)25(35-15-34-20)36-21-8-5-7-19(30)23(21)31/h5,7-8,10-11,13,15-16,22,24,32-33H,6,9,12,14H2,1-4H3,(H,37,39)(H,34,35,36)(H,38,40,41)/t16-,22-,24+/m0/s1. The number of carbonyl (C=O) groups excluding carboxylic acids is 3. The van der Waals surface area contributed by atoms with E-state index in [1.54, 1.807) is 26.1 Å². The molecule has 0 spiro atoms. The summed E-state index contributed by atoms with van der Waals surface area (Å²) in [5.41, 5.74) is 0.797. The lowest BCUT2D eigenvalue weighted by molar-refractivity contribution is -0.137. The van der Waals surface area contributed by atoms with E-state index in [0.29, 0.717) is 36.1 Å². The quantitative estimate of drug-likeness (QED) is 0.245. The highest BCUT2D eigenvalue weighted by molar-refractivity contribution is 6.31. The molecule has 12 heteroatoms. The van der Waals surface area contributed by atoms with Gasteiger partial charge >= 0.3 is 0 Å². The summed E-state index contributed by atoms with van der Waals surface area (Å²) in [6.07, 6.45) is 3.23. The van der Waals surface area contributed by atoms with Gasteiger partial charge in [0.05, 0.1) is 28.3 Å². The van der Waals surface area contributed by atoms with E-state index in [2.05, 4.69) is 36.6 Å². The Kier molecular flexibility index (Phi) is 9.52. The van der Waals surface area contributed by atoms with Gasteiger partial charge in [-0.3, -0.25) is 19.7 Å². The molecule has 1 saturated heterocycles. The molecule has 3 aromatic rings. The van der Waals surface area contributed by atoms with Crippen LogP contribution in [0.15, 0.2) is 42.7 Å². The highest BCUT2D eigenvalue weighted by atomic mass is 35.5. The van der Waals surface area contributed by atoms with Crippen molar-refractivity contribution >= 4 is 51.7 Å². The monoisotopic (exact) mass is 583 g/mol. The summed E-state index contributed by atoms with van der Waals surface area (Å²) in [5, 5.41) is 14.9. The number of halogens is 2. The number of nitrogens with one attached hydrogen (secondary N) is 5. The maximum Gasteiger partial charge on any atom is 0.249 e. The number of hydrogen-bond acceptors (Lipinski definition) is 8. The molecule has 0 saturated carbocycles. The Balaban J connectivity index is 1.62. The highest BCUT2D eigenvalue weighted by Crippen LogP contribution is 2.31. The number of anilines is 2. The van der Waals surface area contributed by atoms with Gasteiger partial charge in [0.25, 0.3) is 0 Å². The first-order valence-corrected chi connectivity index (χ1v) is 13.9. The Labute approximate surface area is 243 Å². The fourth-order valence-corrected chi connectivity index (χ4v) is 5.05. The topological polar surface area (TPSA) is 137 Å². The van der Waals surface area contributed by atoms with E-state index < -0.39 is 41.2 Å². The van der Waals surface area contributed by atoms with Crippen molar-refractivity contribution < 1.29 is 18.8 Å². The van der Waals surface area contributed by atoms with Crippen molar-refractivity contribution in [1.29, 1.82) is 0 Å². The van der Waals surface area contributed by atoms with Crippen LogP contribution in [0, 0.1) is 11.2 Å².